The second-order valence-corrected chi connectivity index (χ2v) is 9.87. The molecule has 0 saturated carbocycles. The third kappa shape index (κ3) is 5.44. The monoisotopic (exact) mass is 491 g/mol. The summed E-state index contributed by atoms with van der Waals surface area (Å²) in [4.78, 5) is 14.7. The second-order valence-electron chi connectivity index (χ2n) is 7.58. The lowest BCUT2D eigenvalue weighted by Crippen LogP contribution is -2.36. The molecule has 0 unspecified atom stereocenters. The van der Waals surface area contributed by atoms with E-state index in [1.807, 2.05) is 13.8 Å². The number of aryl methyl sites for hydroxylation is 1. The Balaban J connectivity index is 1.86. The first-order valence-corrected chi connectivity index (χ1v) is 12.1. The van der Waals surface area contributed by atoms with Crippen molar-refractivity contribution in [2.75, 3.05) is 0 Å². The molecule has 3 aromatic carbocycles. The number of hydrogen-bond acceptors (Lipinski definition) is 4. The fraction of sp³-hybridized carbons (Fsp3) is 0.208. The molecule has 168 valence electrons. The number of benzene rings is 3. The van der Waals surface area contributed by atoms with E-state index in [1.165, 1.54) is 6.07 Å². The summed E-state index contributed by atoms with van der Waals surface area (Å²) in [6.45, 7) is 5.71. The standard InChI is InChI=1S/C24H23Cl2NO4S/c1-16(2)27(24(28)20-11-4-5-12-21(20)25)15-18-9-7-10-19(14-18)31-32(29,30)23-17(3)8-6-13-22(23)26/h4-14,16H,15H2,1-3H3. The quantitative estimate of drug-likeness (QED) is 0.373. The van der Waals surface area contributed by atoms with Gasteiger partial charge in [0, 0.05) is 12.6 Å². The van der Waals surface area contributed by atoms with Crippen molar-refractivity contribution in [1.82, 2.24) is 4.90 Å². The first-order valence-electron chi connectivity index (χ1n) is 9.94. The highest BCUT2D eigenvalue weighted by molar-refractivity contribution is 7.87. The SMILES string of the molecule is Cc1cccc(Cl)c1S(=O)(=O)Oc1cccc(CN(C(=O)c2ccccc2Cl)C(C)C)c1. The maximum absolute atomic E-state index is 13.1. The number of halogens is 2. The van der Waals surface area contributed by atoms with Crippen LogP contribution in [0.2, 0.25) is 10.0 Å². The first-order chi connectivity index (χ1) is 15.1. The number of nitrogens with zero attached hydrogens (tertiary/aromatic N) is 1. The van der Waals surface area contributed by atoms with Gasteiger partial charge in [0.05, 0.1) is 15.6 Å². The van der Waals surface area contributed by atoms with Crippen LogP contribution in [0, 0.1) is 6.92 Å². The van der Waals surface area contributed by atoms with Gasteiger partial charge in [-0.3, -0.25) is 4.79 Å². The van der Waals surface area contributed by atoms with Crippen LogP contribution >= 0.6 is 23.2 Å². The fourth-order valence-electron chi connectivity index (χ4n) is 3.27. The van der Waals surface area contributed by atoms with Crippen molar-refractivity contribution in [1.29, 1.82) is 0 Å². The summed E-state index contributed by atoms with van der Waals surface area (Å²) < 4.78 is 31.0. The van der Waals surface area contributed by atoms with Crippen molar-refractivity contribution in [3.63, 3.8) is 0 Å². The number of carbonyl (C=O) groups is 1. The predicted octanol–water partition coefficient (Wildman–Crippen LogP) is 6.12. The third-order valence-electron chi connectivity index (χ3n) is 4.86. The molecule has 3 rings (SSSR count). The van der Waals surface area contributed by atoms with Crippen LogP contribution < -0.4 is 4.18 Å². The summed E-state index contributed by atoms with van der Waals surface area (Å²) in [6, 6.07) is 18.2. The Hall–Kier alpha value is -2.54. The maximum atomic E-state index is 13.1. The molecule has 1 amide bonds. The fourth-order valence-corrected chi connectivity index (χ4v) is 5.20. The van der Waals surface area contributed by atoms with Crippen molar-refractivity contribution in [3.8, 4) is 5.75 Å². The molecule has 0 saturated heterocycles. The van der Waals surface area contributed by atoms with Crippen LogP contribution in [0.1, 0.15) is 35.3 Å². The van der Waals surface area contributed by atoms with Crippen LogP contribution in [0.4, 0.5) is 0 Å². The zero-order chi connectivity index (χ0) is 23.5. The molecule has 0 atom stereocenters. The van der Waals surface area contributed by atoms with Crippen molar-refractivity contribution >= 4 is 39.2 Å². The molecule has 8 heteroatoms. The van der Waals surface area contributed by atoms with E-state index in [2.05, 4.69) is 0 Å². The molecule has 0 N–H and O–H groups in total. The molecule has 3 aromatic rings. The van der Waals surface area contributed by atoms with Gasteiger partial charge >= 0.3 is 10.1 Å². The Morgan fingerprint density at radius 3 is 2.28 bits per heavy atom. The predicted molar refractivity (Wildman–Crippen MR) is 127 cm³/mol. The second kappa shape index (κ2) is 9.94. The van der Waals surface area contributed by atoms with Crippen molar-refractivity contribution in [2.24, 2.45) is 0 Å². The highest BCUT2D eigenvalue weighted by Gasteiger charge is 2.24. The van der Waals surface area contributed by atoms with Gasteiger partial charge in [-0.25, -0.2) is 0 Å². The van der Waals surface area contributed by atoms with E-state index < -0.39 is 10.1 Å². The van der Waals surface area contributed by atoms with E-state index in [1.54, 1.807) is 72.5 Å². The Kier molecular flexibility index (Phi) is 7.49. The first kappa shape index (κ1) is 24.1. The van der Waals surface area contributed by atoms with Crippen molar-refractivity contribution in [3.05, 3.63) is 93.5 Å². The van der Waals surface area contributed by atoms with Gasteiger partial charge in [0.2, 0.25) is 0 Å². The number of rotatable bonds is 7. The normalized spacial score (nSPS) is 11.4. The van der Waals surface area contributed by atoms with E-state index in [9.17, 15) is 13.2 Å². The Morgan fingerprint density at radius 1 is 0.969 bits per heavy atom. The van der Waals surface area contributed by atoms with Crippen molar-refractivity contribution in [2.45, 2.75) is 38.3 Å². The molecule has 32 heavy (non-hydrogen) atoms. The van der Waals surface area contributed by atoms with Crippen molar-refractivity contribution < 1.29 is 17.4 Å². The molecule has 0 aliphatic carbocycles. The maximum Gasteiger partial charge on any atom is 0.340 e. The summed E-state index contributed by atoms with van der Waals surface area (Å²) in [7, 11) is -4.13. The number of amides is 1. The zero-order valence-corrected chi connectivity index (χ0v) is 20.2. The summed E-state index contributed by atoms with van der Waals surface area (Å²) in [5.41, 5.74) is 1.61. The highest BCUT2D eigenvalue weighted by atomic mass is 35.5. The average molecular weight is 492 g/mol. The summed E-state index contributed by atoms with van der Waals surface area (Å²) in [5.74, 6) is -0.0769. The van der Waals surface area contributed by atoms with E-state index in [4.69, 9.17) is 27.4 Å². The lowest BCUT2D eigenvalue weighted by Gasteiger charge is -2.27. The van der Waals surface area contributed by atoms with E-state index in [0.29, 0.717) is 21.7 Å². The summed E-state index contributed by atoms with van der Waals surface area (Å²) in [5, 5.41) is 0.471. The zero-order valence-electron chi connectivity index (χ0n) is 17.9. The molecular formula is C24H23Cl2NO4S. The molecule has 0 bridgehead atoms. The van der Waals surface area contributed by atoms with Crippen LogP contribution in [0.5, 0.6) is 5.75 Å². The minimum Gasteiger partial charge on any atom is -0.379 e. The van der Waals surface area contributed by atoms with Crippen LogP contribution in [0.15, 0.2) is 71.6 Å². The van der Waals surface area contributed by atoms with Gasteiger partial charge in [-0.15, -0.1) is 0 Å². The Morgan fingerprint density at radius 2 is 1.62 bits per heavy atom. The van der Waals surface area contributed by atoms with E-state index >= 15 is 0 Å². The lowest BCUT2D eigenvalue weighted by molar-refractivity contribution is 0.0690. The Labute approximate surface area is 198 Å². The highest BCUT2D eigenvalue weighted by Crippen LogP contribution is 2.29. The van der Waals surface area contributed by atoms with Crippen LogP contribution in [-0.2, 0) is 16.7 Å². The molecule has 0 aromatic heterocycles. The van der Waals surface area contributed by atoms with Gasteiger partial charge in [-0.05, 0) is 62.2 Å². The molecule has 0 aliphatic heterocycles. The summed E-state index contributed by atoms with van der Waals surface area (Å²) >= 11 is 12.3. The molecular weight excluding hydrogens is 469 g/mol. The van der Waals surface area contributed by atoms with Gasteiger partial charge in [-0.2, -0.15) is 8.42 Å². The summed E-state index contributed by atoms with van der Waals surface area (Å²) in [6.07, 6.45) is 0. The average Bonchev–Trinajstić information content (AvgIpc) is 2.71. The van der Waals surface area contributed by atoms with Gasteiger partial charge in [0.1, 0.15) is 10.6 Å². The van der Waals surface area contributed by atoms with Gasteiger partial charge in [-0.1, -0.05) is 59.6 Å². The molecule has 0 fully saturated rings. The van der Waals surface area contributed by atoms with E-state index in [0.717, 1.165) is 0 Å². The molecule has 0 heterocycles. The largest absolute Gasteiger partial charge is 0.379 e. The van der Waals surface area contributed by atoms with E-state index in [-0.39, 0.29) is 34.2 Å². The van der Waals surface area contributed by atoms with Crippen LogP contribution in [0.3, 0.4) is 0 Å². The Bertz CT molecular complexity index is 1220. The number of carbonyl (C=O) groups excluding carboxylic acids is 1. The lowest BCUT2D eigenvalue weighted by atomic mass is 10.1. The van der Waals surface area contributed by atoms with Crippen LogP contribution in [-0.4, -0.2) is 25.3 Å². The molecule has 0 radical (unpaired) electrons. The molecule has 5 nitrogen and oxygen atoms in total. The molecule has 0 aliphatic rings. The van der Waals surface area contributed by atoms with Gasteiger partial charge < -0.3 is 9.08 Å². The van der Waals surface area contributed by atoms with Gasteiger partial charge in [0.15, 0.2) is 0 Å². The smallest absolute Gasteiger partial charge is 0.340 e. The van der Waals surface area contributed by atoms with Crippen LogP contribution in [0.25, 0.3) is 0 Å². The topological polar surface area (TPSA) is 63.7 Å². The van der Waals surface area contributed by atoms with Gasteiger partial charge in [0.25, 0.3) is 5.91 Å². The third-order valence-corrected chi connectivity index (χ3v) is 7.07. The number of hydrogen-bond donors (Lipinski definition) is 0. The molecule has 0 spiro atoms. The minimum atomic E-state index is -4.13. The minimum absolute atomic E-state index is 0.0650.